The smallest absolute Gasteiger partial charge is 0.293 e. The Morgan fingerprint density at radius 1 is 1.19 bits per heavy atom. The fourth-order valence-electron chi connectivity index (χ4n) is 3.02. The Morgan fingerprint density at radius 3 is 2.63 bits per heavy atom. The topological polar surface area (TPSA) is 79.6 Å². The maximum Gasteiger partial charge on any atom is 0.293 e. The molecule has 1 saturated heterocycles. The Morgan fingerprint density at radius 2 is 1.93 bits per heavy atom. The number of carbonyl (C=O) groups is 1. The van der Waals surface area contributed by atoms with Crippen LogP contribution in [0.15, 0.2) is 53.6 Å². The number of hydrogen-bond acceptors (Lipinski definition) is 4. The number of benzene rings is 1. The molecule has 8 heteroatoms. The Hall–Kier alpha value is -2.29. The molecule has 1 atom stereocenters. The van der Waals surface area contributed by atoms with E-state index in [2.05, 4.69) is 5.32 Å². The van der Waals surface area contributed by atoms with Crippen molar-refractivity contribution in [1.29, 1.82) is 0 Å². The number of ether oxygens (including phenoxy) is 1. The van der Waals surface area contributed by atoms with Gasteiger partial charge in [-0.3, -0.25) is 4.79 Å². The van der Waals surface area contributed by atoms with Gasteiger partial charge < -0.3 is 10.1 Å². The summed E-state index contributed by atoms with van der Waals surface area (Å²) >= 11 is 0. The number of nitrogens with zero attached hydrogens (tertiary/aromatic N) is 2. The predicted molar refractivity (Wildman–Crippen MR) is 101 cm³/mol. The van der Waals surface area contributed by atoms with E-state index in [4.69, 9.17) is 4.74 Å². The van der Waals surface area contributed by atoms with Gasteiger partial charge in [-0.1, -0.05) is 12.1 Å². The van der Waals surface area contributed by atoms with Crippen molar-refractivity contribution in [2.45, 2.75) is 24.8 Å². The van der Waals surface area contributed by atoms with Crippen molar-refractivity contribution < 1.29 is 22.5 Å². The van der Waals surface area contributed by atoms with E-state index in [1.165, 1.54) is 10.4 Å². The average Bonchev–Trinajstić information content (AvgIpc) is 2.68. The van der Waals surface area contributed by atoms with Gasteiger partial charge in [0, 0.05) is 44.8 Å². The van der Waals surface area contributed by atoms with E-state index in [1.54, 1.807) is 25.1 Å². The lowest BCUT2D eigenvalue weighted by Gasteiger charge is -2.26. The Labute approximate surface area is 159 Å². The zero-order chi connectivity index (χ0) is 19.4. The third-order valence-electron chi connectivity index (χ3n) is 4.61. The summed E-state index contributed by atoms with van der Waals surface area (Å²) in [5, 5.41) is 2.82. The molecule has 27 heavy (non-hydrogen) atoms. The van der Waals surface area contributed by atoms with E-state index in [0.717, 1.165) is 5.69 Å². The summed E-state index contributed by atoms with van der Waals surface area (Å²) in [4.78, 5) is 12.8. The Bertz CT molecular complexity index is 924. The Kier molecular flexibility index (Phi) is 5.88. The van der Waals surface area contributed by atoms with Crippen LogP contribution in [-0.2, 0) is 19.6 Å². The zero-order valence-electron chi connectivity index (χ0n) is 15.5. The zero-order valence-corrected chi connectivity index (χ0v) is 16.3. The molecule has 0 spiro atoms. The maximum atomic E-state index is 12.8. The number of aromatic nitrogens is 1. The molecule has 1 aromatic heterocycles. The molecule has 1 aliphatic rings. The molecular weight excluding hydrogens is 366 g/mol. The summed E-state index contributed by atoms with van der Waals surface area (Å²) < 4.78 is 34.0. The molecule has 1 aromatic carbocycles. The molecule has 1 N–H and O–H groups in total. The lowest BCUT2D eigenvalue weighted by atomic mass is 10.2. The lowest BCUT2D eigenvalue weighted by molar-refractivity contribution is -0.711. The molecule has 2 aromatic rings. The third-order valence-corrected chi connectivity index (χ3v) is 6.50. The highest BCUT2D eigenvalue weighted by molar-refractivity contribution is 7.89. The SMILES string of the molecule is Cc1cccc[n+]1[C@@H](C)C(=O)Nc1cccc(S(=O)(=O)N2CCOCC2)c1. The van der Waals surface area contributed by atoms with Crippen molar-refractivity contribution in [3.05, 3.63) is 54.4 Å². The number of carbonyl (C=O) groups excluding carboxylic acids is 1. The van der Waals surface area contributed by atoms with Crippen molar-refractivity contribution >= 4 is 21.6 Å². The standard InChI is InChI=1S/C19H23N3O4S/c1-15-6-3-4-9-22(15)16(2)19(23)20-17-7-5-8-18(14-17)27(24,25)21-10-12-26-13-11-21/h3-9,14,16H,10-13H2,1-2H3/p+1/t16-/m0/s1. The minimum atomic E-state index is -3.60. The number of sulfonamides is 1. The quantitative estimate of drug-likeness (QED) is 0.785. The van der Waals surface area contributed by atoms with Crippen LogP contribution in [0.4, 0.5) is 5.69 Å². The van der Waals surface area contributed by atoms with Crippen molar-refractivity contribution in [2.24, 2.45) is 0 Å². The minimum Gasteiger partial charge on any atom is -0.379 e. The molecule has 1 fully saturated rings. The van der Waals surface area contributed by atoms with E-state index in [-0.39, 0.29) is 10.8 Å². The van der Waals surface area contributed by atoms with Crippen LogP contribution in [-0.4, -0.2) is 44.9 Å². The van der Waals surface area contributed by atoms with E-state index < -0.39 is 16.1 Å². The molecule has 0 unspecified atom stereocenters. The average molecular weight is 390 g/mol. The van der Waals surface area contributed by atoms with Gasteiger partial charge in [0.1, 0.15) is 0 Å². The highest BCUT2D eigenvalue weighted by atomic mass is 32.2. The van der Waals surface area contributed by atoms with Gasteiger partial charge in [0.05, 0.1) is 18.1 Å². The molecular formula is C19H24N3O4S+. The van der Waals surface area contributed by atoms with Crippen LogP contribution in [0.1, 0.15) is 18.7 Å². The molecule has 1 amide bonds. The Balaban J connectivity index is 1.77. The lowest BCUT2D eigenvalue weighted by Crippen LogP contribution is -2.46. The second kappa shape index (κ2) is 8.16. The highest BCUT2D eigenvalue weighted by Crippen LogP contribution is 2.21. The summed E-state index contributed by atoms with van der Waals surface area (Å²) in [7, 11) is -3.60. The number of aryl methyl sites for hydroxylation is 1. The van der Waals surface area contributed by atoms with Crippen molar-refractivity contribution in [3.63, 3.8) is 0 Å². The summed E-state index contributed by atoms with van der Waals surface area (Å²) in [5.41, 5.74) is 1.42. The first-order valence-corrected chi connectivity index (χ1v) is 10.3. The van der Waals surface area contributed by atoms with Crippen LogP contribution in [0.2, 0.25) is 0 Å². The first-order chi connectivity index (χ1) is 12.9. The number of hydrogen-bond donors (Lipinski definition) is 1. The van der Waals surface area contributed by atoms with Crippen LogP contribution >= 0.6 is 0 Å². The van der Waals surface area contributed by atoms with Crippen LogP contribution in [0.25, 0.3) is 0 Å². The van der Waals surface area contributed by atoms with Gasteiger partial charge in [-0.2, -0.15) is 8.87 Å². The van der Waals surface area contributed by atoms with Gasteiger partial charge in [-0.25, -0.2) is 8.42 Å². The molecule has 2 heterocycles. The van der Waals surface area contributed by atoms with Gasteiger partial charge >= 0.3 is 0 Å². The van der Waals surface area contributed by atoms with E-state index >= 15 is 0 Å². The third kappa shape index (κ3) is 4.35. The number of pyridine rings is 1. The first-order valence-electron chi connectivity index (χ1n) is 8.85. The fraction of sp³-hybridized carbons (Fsp3) is 0.368. The van der Waals surface area contributed by atoms with Crippen molar-refractivity contribution in [2.75, 3.05) is 31.6 Å². The molecule has 0 bridgehead atoms. The summed E-state index contributed by atoms with van der Waals surface area (Å²) in [5.74, 6) is -0.213. The van der Waals surface area contributed by atoms with Gasteiger partial charge in [0.15, 0.2) is 11.9 Å². The number of anilines is 1. The van der Waals surface area contributed by atoms with E-state index in [9.17, 15) is 13.2 Å². The largest absolute Gasteiger partial charge is 0.379 e. The molecule has 3 rings (SSSR count). The van der Waals surface area contributed by atoms with Crippen LogP contribution in [0.3, 0.4) is 0 Å². The number of nitrogens with one attached hydrogen (secondary N) is 1. The van der Waals surface area contributed by atoms with Crippen LogP contribution in [0.5, 0.6) is 0 Å². The van der Waals surface area contributed by atoms with Crippen molar-refractivity contribution in [3.8, 4) is 0 Å². The van der Waals surface area contributed by atoms with Gasteiger partial charge in [-0.05, 0) is 18.2 Å². The molecule has 7 nitrogen and oxygen atoms in total. The summed E-state index contributed by atoms with van der Waals surface area (Å²) in [6.07, 6.45) is 1.85. The van der Waals surface area contributed by atoms with Crippen LogP contribution in [0, 0.1) is 6.92 Å². The second-order valence-corrected chi connectivity index (χ2v) is 8.40. The molecule has 1 aliphatic heterocycles. The van der Waals surface area contributed by atoms with Gasteiger partial charge in [-0.15, -0.1) is 0 Å². The van der Waals surface area contributed by atoms with E-state index in [1.807, 2.05) is 35.9 Å². The number of amides is 1. The first kappa shape index (κ1) is 19.5. The maximum absolute atomic E-state index is 12.8. The highest BCUT2D eigenvalue weighted by Gasteiger charge is 2.27. The number of morpholine rings is 1. The predicted octanol–water partition coefficient (Wildman–Crippen LogP) is 1.50. The van der Waals surface area contributed by atoms with Gasteiger partial charge in [0.25, 0.3) is 5.91 Å². The van der Waals surface area contributed by atoms with E-state index in [0.29, 0.717) is 32.0 Å². The second-order valence-electron chi connectivity index (χ2n) is 6.46. The number of rotatable bonds is 5. The van der Waals surface area contributed by atoms with Crippen LogP contribution < -0.4 is 9.88 Å². The molecule has 144 valence electrons. The minimum absolute atomic E-state index is 0.165. The normalized spacial score (nSPS) is 16.7. The summed E-state index contributed by atoms with van der Waals surface area (Å²) in [6, 6.07) is 11.6. The molecule has 0 radical (unpaired) electrons. The molecule has 0 saturated carbocycles. The monoisotopic (exact) mass is 390 g/mol. The van der Waals surface area contributed by atoms with Crippen molar-refractivity contribution in [1.82, 2.24) is 4.31 Å². The van der Waals surface area contributed by atoms with Gasteiger partial charge in [0.2, 0.25) is 16.1 Å². The molecule has 0 aliphatic carbocycles. The summed E-state index contributed by atoms with van der Waals surface area (Å²) in [6.45, 7) is 5.18. The fourth-order valence-corrected chi connectivity index (χ4v) is 4.47.